The van der Waals surface area contributed by atoms with E-state index >= 15 is 0 Å². The SMILES string of the molecule is O=C(c1ccc(F)c(F)c1)N1CCC[C@H](c2nc(-c3ccsc3)no2)C1. The monoisotopic (exact) mass is 375 g/mol. The topological polar surface area (TPSA) is 59.2 Å². The number of carbonyl (C=O) groups excluding carboxylic acids is 1. The lowest BCUT2D eigenvalue weighted by Crippen LogP contribution is -2.39. The second-order valence-corrected chi connectivity index (χ2v) is 6.97. The molecule has 8 heteroatoms. The largest absolute Gasteiger partial charge is 0.339 e. The van der Waals surface area contributed by atoms with E-state index in [4.69, 9.17) is 4.52 Å². The van der Waals surface area contributed by atoms with Crippen molar-refractivity contribution in [3.05, 3.63) is 58.1 Å². The summed E-state index contributed by atoms with van der Waals surface area (Å²) in [7, 11) is 0. The van der Waals surface area contributed by atoms with E-state index in [1.165, 1.54) is 6.07 Å². The number of hydrogen-bond acceptors (Lipinski definition) is 5. The van der Waals surface area contributed by atoms with Crippen LogP contribution in [-0.2, 0) is 0 Å². The van der Waals surface area contributed by atoms with Crippen LogP contribution in [0.1, 0.15) is 35.0 Å². The molecule has 0 bridgehead atoms. The highest BCUT2D eigenvalue weighted by molar-refractivity contribution is 7.08. The summed E-state index contributed by atoms with van der Waals surface area (Å²) in [6.07, 6.45) is 1.60. The average molecular weight is 375 g/mol. The fraction of sp³-hybridized carbons (Fsp3) is 0.278. The lowest BCUT2D eigenvalue weighted by Gasteiger charge is -2.31. The minimum Gasteiger partial charge on any atom is -0.339 e. The van der Waals surface area contributed by atoms with Gasteiger partial charge in [0.1, 0.15) is 0 Å². The number of halogens is 2. The predicted molar refractivity (Wildman–Crippen MR) is 91.8 cm³/mol. The summed E-state index contributed by atoms with van der Waals surface area (Å²) in [5, 5.41) is 7.89. The van der Waals surface area contributed by atoms with Crippen LogP contribution in [0.4, 0.5) is 8.78 Å². The Morgan fingerprint density at radius 1 is 1.27 bits per heavy atom. The van der Waals surface area contributed by atoms with Crippen molar-refractivity contribution in [1.82, 2.24) is 15.0 Å². The zero-order valence-corrected chi connectivity index (χ0v) is 14.5. The van der Waals surface area contributed by atoms with Gasteiger partial charge in [0.05, 0.1) is 5.92 Å². The number of amides is 1. The van der Waals surface area contributed by atoms with Crippen molar-refractivity contribution in [2.24, 2.45) is 0 Å². The number of carbonyl (C=O) groups is 1. The number of nitrogens with zero attached hydrogens (tertiary/aromatic N) is 3. The zero-order valence-electron chi connectivity index (χ0n) is 13.7. The second kappa shape index (κ2) is 6.95. The van der Waals surface area contributed by atoms with E-state index in [9.17, 15) is 13.6 Å². The van der Waals surface area contributed by atoms with E-state index in [1.807, 2.05) is 16.8 Å². The number of likely N-dealkylation sites (tertiary alicyclic amines) is 1. The highest BCUT2D eigenvalue weighted by Gasteiger charge is 2.29. The van der Waals surface area contributed by atoms with Crippen molar-refractivity contribution in [3.63, 3.8) is 0 Å². The van der Waals surface area contributed by atoms with Gasteiger partial charge >= 0.3 is 0 Å². The van der Waals surface area contributed by atoms with Gasteiger partial charge in [0.15, 0.2) is 11.6 Å². The molecule has 0 aliphatic carbocycles. The third-order valence-electron chi connectivity index (χ3n) is 4.45. The number of benzene rings is 1. The molecule has 0 saturated carbocycles. The fourth-order valence-corrected chi connectivity index (χ4v) is 3.72. The van der Waals surface area contributed by atoms with Gasteiger partial charge in [0.25, 0.3) is 5.91 Å². The number of piperidine rings is 1. The van der Waals surface area contributed by atoms with Crippen LogP contribution in [0.15, 0.2) is 39.5 Å². The molecular formula is C18H15F2N3O2S. The molecule has 4 rings (SSSR count). The van der Waals surface area contributed by atoms with Crippen LogP contribution < -0.4 is 0 Å². The Bertz CT molecular complexity index is 926. The summed E-state index contributed by atoms with van der Waals surface area (Å²) in [6.45, 7) is 0.961. The van der Waals surface area contributed by atoms with E-state index in [1.54, 1.807) is 16.2 Å². The Hall–Kier alpha value is -2.61. The van der Waals surface area contributed by atoms with E-state index < -0.39 is 11.6 Å². The highest BCUT2D eigenvalue weighted by Crippen LogP contribution is 2.29. The maximum Gasteiger partial charge on any atom is 0.253 e. The van der Waals surface area contributed by atoms with Crippen LogP contribution in [0.3, 0.4) is 0 Å². The van der Waals surface area contributed by atoms with Crippen molar-refractivity contribution in [2.75, 3.05) is 13.1 Å². The first-order valence-electron chi connectivity index (χ1n) is 8.22. The zero-order chi connectivity index (χ0) is 18.1. The molecule has 0 N–H and O–H groups in total. The van der Waals surface area contributed by atoms with Gasteiger partial charge in [-0.1, -0.05) is 5.16 Å². The molecule has 1 aliphatic heterocycles. The highest BCUT2D eigenvalue weighted by atomic mass is 32.1. The predicted octanol–water partition coefficient (Wildman–Crippen LogP) is 4.10. The molecule has 1 atom stereocenters. The average Bonchev–Trinajstić information content (AvgIpc) is 3.35. The van der Waals surface area contributed by atoms with Gasteiger partial charge in [-0.3, -0.25) is 4.79 Å². The number of aromatic nitrogens is 2. The van der Waals surface area contributed by atoms with Gasteiger partial charge in [-0.15, -0.1) is 0 Å². The standard InChI is InChI=1S/C18H15F2N3O2S/c19-14-4-3-11(8-15(14)20)18(24)23-6-1-2-12(9-23)17-21-16(22-25-17)13-5-7-26-10-13/h3-5,7-8,10,12H,1-2,6,9H2/t12-/m0/s1. The molecule has 2 aromatic heterocycles. The summed E-state index contributed by atoms with van der Waals surface area (Å²) in [5.74, 6) is -1.37. The van der Waals surface area contributed by atoms with Gasteiger partial charge in [-0.2, -0.15) is 16.3 Å². The third kappa shape index (κ3) is 3.24. The molecular weight excluding hydrogens is 360 g/mol. The summed E-state index contributed by atoms with van der Waals surface area (Å²) >= 11 is 1.55. The fourth-order valence-electron chi connectivity index (χ4n) is 3.08. The third-order valence-corrected chi connectivity index (χ3v) is 5.13. The number of rotatable bonds is 3. The smallest absolute Gasteiger partial charge is 0.253 e. The van der Waals surface area contributed by atoms with Crippen LogP contribution in [0, 0.1) is 11.6 Å². The van der Waals surface area contributed by atoms with Gasteiger partial charge in [0.2, 0.25) is 11.7 Å². The van der Waals surface area contributed by atoms with Gasteiger partial charge < -0.3 is 9.42 Å². The van der Waals surface area contributed by atoms with E-state index in [-0.39, 0.29) is 17.4 Å². The molecule has 0 unspecified atom stereocenters. The van der Waals surface area contributed by atoms with Gasteiger partial charge in [-0.25, -0.2) is 8.78 Å². The molecule has 1 aliphatic rings. The van der Waals surface area contributed by atoms with Crippen LogP contribution in [0.5, 0.6) is 0 Å². The Labute approximate surface area is 152 Å². The molecule has 1 saturated heterocycles. The van der Waals surface area contributed by atoms with E-state index in [0.29, 0.717) is 24.8 Å². The Kier molecular flexibility index (Phi) is 4.50. The van der Waals surface area contributed by atoms with Crippen LogP contribution in [0.2, 0.25) is 0 Å². The Balaban J connectivity index is 1.50. The molecule has 1 fully saturated rings. The van der Waals surface area contributed by atoms with Crippen molar-refractivity contribution >= 4 is 17.2 Å². The summed E-state index contributed by atoms with van der Waals surface area (Å²) in [6, 6.07) is 5.11. The molecule has 3 heterocycles. The van der Waals surface area contributed by atoms with Gasteiger partial charge in [-0.05, 0) is 42.5 Å². The van der Waals surface area contributed by atoms with Crippen LogP contribution in [0.25, 0.3) is 11.4 Å². The van der Waals surface area contributed by atoms with Crippen molar-refractivity contribution in [2.45, 2.75) is 18.8 Å². The van der Waals surface area contributed by atoms with Crippen LogP contribution >= 0.6 is 11.3 Å². The molecule has 1 amide bonds. The van der Waals surface area contributed by atoms with Crippen molar-refractivity contribution < 1.29 is 18.1 Å². The summed E-state index contributed by atoms with van der Waals surface area (Å²) in [4.78, 5) is 18.7. The molecule has 0 radical (unpaired) electrons. The lowest BCUT2D eigenvalue weighted by molar-refractivity contribution is 0.0695. The van der Waals surface area contributed by atoms with Crippen molar-refractivity contribution in [3.8, 4) is 11.4 Å². The van der Waals surface area contributed by atoms with E-state index in [2.05, 4.69) is 10.1 Å². The number of hydrogen-bond donors (Lipinski definition) is 0. The summed E-state index contributed by atoms with van der Waals surface area (Å²) in [5.41, 5.74) is 1.03. The molecule has 1 aromatic carbocycles. The first-order chi connectivity index (χ1) is 12.6. The first kappa shape index (κ1) is 16.8. The lowest BCUT2D eigenvalue weighted by atomic mass is 9.97. The first-order valence-corrected chi connectivity index (χ1v) is 9.16. The molecule has 26 heavy (non-hydrogen) atoms. The Morgan fingerprint density at radius 3 is 2.92 bits per heavy atom. The minimum absolute atomic E-state index is 0.0714. The molecule has 0 spiro atoms. The quantitative estimate of drug-likeness (QED) is 0.692. The molecule has 5 nitrogen and oxygen atoms in total. The summed E-state index contributed by atoms with van der Waals surface area (Å²) < 4.78 is 31.9. The Morgan fingerprint density at radius 2 is 2.15 bits per heavy atom. The number of thiophene rings is 1. The van der Waals surface area contributed by atoms with Crippen LogP contribution in [-0.4, -0.2) is 34.0 Å². The van der Waals surface area contributed by atoms with Crippen molar-refractivity contribution in [1.29, 1.82) is 0 Å². The van der Waals surface area contributed by atoms with E-state index in [0.717, 1.165) is 30.5 Å². The maximum atomic E-state index is 13.4. The normalized spacial score (nSPS) is 17.5. The molecule has 134 valence electrons. The maximum absolute atomic E-state index is 13.4. The van der Waals surface area contributed by atoms with Gasteiger partial charge in [0, 0.05) is 29.6 Å². The second-order valence-electron chi connectivity index (χ2n) is 6.19. The minimum atomic E-state index is -1.03. The molecule has 3 aromatic rings.